The number of esters is 1. The molecule has 0 saturated heterocycles. The molecule has 0 fully saturated rings. The minimum atomic E-state index is -0.647. The van der Waals surface area contributed by atoms with Crippen LogP contribution in [0.25, 0.3) is 0 Å². The van der Waals surface area contributed by atoms with E-state index in [0.29, 0.717) is 13.0 Å². The normalized spacial score (nSPS) is 15.5. The molecule has 0 rings (SSSR count). The zero-order valence-electron chi connectivity index (χ0n) is 8.83. The first-order valence-corrected chi connectivity index (χ1v) is 4.89. The molecule has 0 aromatic heterocycles. The van der Waals surface area contributed by atoms with Crippen LogP contribution in [-0.2, 0) is 9.53 Å². The van der Waals surface area contributed by atoms with Crippen LogP contribution in [0.15, 0.2) is 0 Å². The fourth-order valence-corrected chi connectivity index (χ4v) is 0.685. The molecule has 0 aromatic rings. The van der Waals surface area contributed by atoms with Crippen LogP contribution in [-0.4, -0.2) is 42.9 Å². The van der Waals surface area contributed by atoms with Gasteiger partial charge in [-0.1, -0.05) is 6.92 Å². The van der Waals surface area contributed by atoms with Crippen molar-refractivity contribution in [3.8, 4) is 0 Å². The van der Waals surface area contributed by atoms with E-state index in [9.17, 15) is 4.79 Å². The first kappa shape index (κ1) is 12.8. The van der Waals surface area contributed by atoms with E-state index in [4.69, 9.17) is 4.74 Å². The molecule has 0 amide bonds. The van der Waals surface area contributed by atoms with Gasteiger partial charge in [0.25, 0.3) is 0 Å². The highest BCUT2D eigenvalue weighted by Crippen LogP contribution is 2.19. The molecule has 0 aromatic carbocycles. The van der Waals surface area contributed by atoms with Crippen LogP contribution in [0.4, 0.5) is 0 Å². The Labute approximate surface area is 85.8 Å². The van der Waals surface area contributed by atoms with E-state index < -0.39 is 4.75 Å². The Balaban J connectivity index is 3.75. The molecule has 1 atom stereocenters. The monoisotopic (exact) mass is 205 g/mol. The van der Waals surface area contributed by atoms with Gasteiger partial charge in [-0.3, -0.25) is 4.79 Å². The number of ether oxygens (including phenoxy) is 1. The van der Waals surface area contributed by atoms with Gasteiger partial charge in [0.15, 0.2) is 0 Å². The van der Waals surface area contributed by atoms with E-state index in [1.165, 1.54) is 0 Å². The number of rotatable bonds is 5. The Morgan fingerprint density at radius 2 is 2.08 bits per heavy atom. The van der Waals surface area contributed by atoms with E-state index in [1.54, 1.807) is 6.92 Å². The van der Waals surface area contributed by atoms with Crippen molar-refractivity contribution in [1.29, 1.82) is 0 Å². The summed E-state index contributed by atoms with van der Waals surface area (Å²) in [5.41, 5.74) is 0. The number of carbonyl (C=O) groups excluding carboxylic acids is 1. The summed E-state index contributed by atoms with van der Waals surface area (Å²) in [6.45, 7) is 4.87. The molecule has 0 aliphatic heterocycles. The second kappa shape index (κ2) is 5.50. The minimum absolute atomic E-state index is 0.236. The van der Waals surface area contributed by atoms with Crippen molar-refractivity contribution in [2.45, 2.75) is 25.0 Å². The van der Waals surface area contributed by atoms with Crippen molar-refractivity contribution in [3.63, 3.8) is 0 Å². The lowest BCUT2D eigenvalue weighted by Crippen LogP contribution is -2.32. The van der Waals surface area contributed by atoms with Crippen molar-refractivity contribution in [3.05, 3.63) is 0 Å². The summed E-state index contributed by atoms with van der Waals surface area (Å²) in [5, 5.41) is 0. The van der Waals surface area contributed by atoms with Crippen LogP contribution in [0, 0.1) is 0 Å². The average molecular weight is 205 g/mol. The fraction of sp³-hybridized carbons (Fsp3) is 0.889. The van der Waals surface area contributed by atoms with Gasteiger partial charge >= 0.3 is 5.97 Å². The lowest BCUT2D eigenvalue weighted by atomic mass is 10.1. The first-order chi connectivity index (χ1) is 5.90. The van der Waals surface area contributed by atoms with Gasteiger partial charge in [-0.15, -0.1) is 0 Å². The summed E-state index contributed by atoms with van der Waals surface area (Å²) in [5.74, 6) is -0.236. The maximum absolute atomic E-state index is 11.4. The lowest BCUT2D eigenvalue weighted by Gasteiger charge is -2.20. The minimum Gasteiger partial charge on any atom is -0.463 e. The van der Waals surface area contributed by atoms with Gasteiger partial charge in [-0.2, -0.15) is 12.6 Å². The third-order valence-corrected chi connectivity index (χ3v) is 2.40. The van der Waals surface area contributed by atoms with E-state index in [-0.39, 0.29) is 5.97 Å². The molecule has 0 bridgehead atoms. The zero-order chi connectivity index (χ0) is 10.5. The second-order valence-electron chi connectivity index (χ2n) is 3.57. The topological polar surface area (TPSA) is 29.5 Å². The number of hydrogen-bond acceptors (Lipinski definition) is 4. The first-order valence-electron chi connectivity index (χ1n) is 4.44. The Hall–Kier alpha value is -0.220. The van der Waals surface area contributed by atoms with Crippen LogP contribution < -0.4 is 0 Å². The highest BCUT2D eigenvalue weighted by molar-refractivity contribution is 7.82. The third-order valence-electron chi connectivity index (χ3n) is 1.90. The Bertz CT molecular complexity index is 169. The van der Waals surface area contributed by atoms with Gasteiger partial charge in [0.05, 0.1) is 0 Å². The third kappa shape index (κ3) is 5.16. The quantitative estimate of drug-likeness (QED) is 0.540. The molecule has 13 heavy (non-hydrogen) atoms. The molecule has 0 saturated carbocycles. The molecule has 0 aliphatic rings. The molecule has 0 spiro atoms. The van der Waals surface area contributed by atoms with Gasteiger partial charge < -0.3 is 9.64 Å². The Morgan fingerprint density at radius 1 is 1.54 bits per heavy atom. The molecule has 78 valence electrons. The van der Waals surface area contributed by atoms with Gasteiger partial charge in [0.1, 0.15) is 11.4 Å². The predicted octanol–water partition coefficient (Wildman–Crippen LogP) is 1.19. The summed E-state index contributed by atoms with van der Waals surface area (Å²) in [7, 11) is 3.88. The number of likely N-dealkylation sites (N-methyl/N-ethyl adjacent to an activating group) is 1. The van der Waals surface area contributed by atoms with Crippen molar-refractivity contribution in [2.24, 2.45) is 0 Å². The SMILES string of the molecule is CCC(C)(S)C(=O)OCCN(C)C. The molecule has 0 radical (unpaired) electrons. The summed E-state index contributed by atoms with van der Waals surface area (Å²) in [6, 6.07) is 0. The van der Waals surface area contributed by atoms with Crippen molar-refractivity contribution in [2.75, 3.05) is 27.2 Å². The second-order valence-corrected chi connectivity index (χ2v) is 4.55. The standard InChI is InChI=1S/C9H19NO2S/c1-5-9(2,13)8(11)12-7-6-10(3)4/h13H,5-7H2,1-4H3. The Morgan fingerprint density at radius 3 is 2.46 bits per heavy atom. The molecule has 3 nitrogen and oxygen atoms in total. The lowest BCUT2D eigenvalue weighted by molar-refractivity contribution is -0.146. The van der Waals surface area contributed by atoms with E-state index in [2.05, 4.69) is 12.6 Å². The van der Waals surface area contributed by atoms with Gasteiger partial charge in [-0.05, 0) is 27.4 Å². The highest BCUT2D eigenvalue weighted by atomic mass is 32.1. The van der Waals surface area contributed by atoms with E-state index in [1.807, 2.05) is 25.9 Å². The summed E-state index contributed by atoms with van der Waals surface area (Å²) >= 11 is 4.22. The highest BCUT2D eigenvalue weighted by Gasteiger charge is 2.28. The van der Waals surface area contributed by atoms with Crippen molar-refractivity contribution >= 4 is 18.6 Å². The van der Waals surface area contributed by atoms with Crippen molar-refractivity contribution in [1.82, 2.24) is 4.90 Å². The molecule has 1 unspecified atom stereocenters. The molecule has 4 heteroatoms. The molecular weight excluding hydrogens is 186 g/mol. The fourth-order valence-electron chi connectivity index (χ4n) is 0.621. The summed E-state index contributed by atoms with van der Waals surface area (Å²) in [4.78, 5) is 13.3. The maximum atomic E-state index is 11.4. The molecular formula is C9H19NO2S. The zero-order valence-corrected chi connectivity index (χ0v) is 9.73. The van der Waals surface area contributed by atoms with Crippen LogP contribution in [0.5, 0.6) is 0 Å². The van der Waals surface area contributed by atoms with Crippen LogP contribution in [0.1, 0.15) is 20.3 Å². The van der Waals surface area contributed by atoms with Crippen molar-refractivity contribution < 1.29 is 9.53 Å². The molecule has 0 heterocycles. The van der Waals surface area contributed by atoms with Crippen LogP contribution in [0.2, 0.25) is 0 Å². The van der Waals surface area contributed by atoms with Crippen LogP contribution >= 0.6 is 12.6 Å². The summed E-state index contributed by atoms with van der Waals surface area (Å²) < 4.78 is 4.41. The number of carbonyl (C=O) groups is 1. The van der Waals surface area contributed by atoms with Gasteiger partial charge in [-0.25, -0.2) is 0 Å². The number of thiol groups is 1. The molecule has 0 N–H and O–H groups in total. The van der Waals surface area contributed by atoms with Crippen LogP contribution in [0.3, 0.4) is 0 Å². The predicted molar refractivity (Wildman–Crippen MR) is 57.2 cm³/mol. The maximum Gasteiger partial charge on any atom is 0.321 e. The number of nitrogens with zero attached hydrogens (tertiary/aromatic N) is 1. The Kier molecular flexibility index (Phi) is 5.40. The smallest absolute Gasteiger partial charge is 0.321 e. The summed E-state index contributed by atoms with van der Waals surface area (Å²) in [6.07, 6.45) is 0.677. The number of hydrogen-bond donors (Lipinski definition) is 1. The molecule has 0 aliphatic carbocycles. The van der Waals surface area contributed by atoms with E-state index >= 15 is 0 Å². The largest absolute Gasteiger partial charge is 0.463 e. The van der Waals surface area contributed by atoms with Gasteiger partial charge in [0, 0.05) is 6.54 Å². The van der Waals surface area contributed by atoms with Gasteiger partial charge in [0.2, 0.25) is 0 Å². The van der Waals surface area contributed by atoms with E-state index in [0.717, 1.165) is 6.54 Å². The average Bonchev–Trinajstić information content (AvgIpc) is 2.03.